The van der Waals surface area contributed by atoms with E-state index in [-0.39, 0.29) is 5.56 Å². The lowest BCUT2D eigenvalue weighted by Gasteiger charge is -2.26. The van der Waals surface area contributed by atoms with Crippen molar-refractivity contribution in [2.45, 2.75) is 19.8 Å². The molecule has 7 heteroatoms. The van der Waals surface area contributed by atoms with Crippen LogP contribution in [0.25, 0.3) is 0 Å². The van der Waals surface area contributed by atoms with Gasteiger partial charge in [0.2, 0.25) is 5.91 Å². The SMILES string of the molecule is COC(=O)c1ccc(NC(=O)C(C(=O)C(C)C)C(C(=O)c2ccc(F)cc2)c2ccccc2)cc1. The molecule has 1 amide bonds. The maximum atomic E-state index is 13.6. The molecule has 0 saturated carbocycles. The van der Waals surface area contributed by atoms with Gasteiger partial charge in [-0.2, -0.15) is 0 Å². The monoisotopic (exact) mass is 475 g/mol. The van der Waals surface area contributed by atoms with Crippen molar-refractivity contribution < 1.29 is 28.3 Å². The van der Waals surface area contributed by atoms with E-state index in [2.05, 4.69) is 10.1 Å². The van der Waals surface area contributed by atoms with Crippen molar-refractivity contribution in [3.63, 3.8) is 0 Å². The van der Waals surface area contributed by atoms with Gasteiger partial charge in [0.1, 0.15) is 17.5 Å². The van der Waals surface area contributed by atoms with Crippen molar-refractivity contribution in [1.82, 2.24) is 0 Å². The predicted molar refractivity (Wildman–Crippen MR) is 130 cm³/mol. The first-order valence-electron chi connectivity index (χ1n) is 11.1. The van der Waals surface area contributed by atoms with Crippen molar-refractivity contribution in [3.05, 3.63) is 101 Å². The Morgan fingerprint density at radius 1 is 0.800 bits per heavy atom. The summed E-state index contributed by atoms with van der Waals surface area (Å²) in [5.41, 5.74) is 1.34. The van der Waals surface area contributed by atoms with Gasteiger partial charge in [0.15, 0.2) is 5.78 Å². The Morgan fingerprint density at radius 3 is 1.91 bits per heavy atom. The fourth-order valence-corrected chi connectivity index (χ4v) is 3.78. The van der Waals surface area contributed by atoms with Crippen LogP contribution in [-0.4, -0.2) is 30.6 Å². The molecule has 6 nitrogen and oxygen atoms in total. The Morgan fingerprint density at radius 2 is 1.37 bits per heavy atom. The van der Waals surface area contributed by atoms with Crippen LogP contribution in [0.4, 0.5) is 10.1 Å². The second kappa shape index (κ2) is 11.3. The first-order valence-corrected chi connectivity index (χ1v) is 11.1. The number of rotatable bonds is 9. The molecule has 2 atom stereocenters. The standard InChI is InChI=1S/C28H26FNO5/c1-17(2)25(31)24(27(33)30-22-15-11-20(12-16-22)28(34)35-3)23(18-7-5-4-6-8-18)26(32)19-9-13-21(29)14-10-19/h4-17,23-24H,1-3H3,(H,30,33). The van der Waals surface area contributed by atoms with E-state index in [1.165, 1.54) is 43.5 Å². The molecule has 3 aromatic rings. The summed E-state index contributed by atoms with van der Waals surface area (Å²) in [7, 11) is 1.27. The molecule has 0 heterocycles. The van der Waals surface area contributed by atoms with Crippen LogP contribution in [0.15, 0.2) is 78.9 Å². The summed E-state index contributed by atoms with van der Waals surface area (Å²) in [6.45, 7) is 3.33. The molecule has 35 heavy (non-hydrogen) atoms. The molecular weight excluding hydrogens is 449 g/mol. The third-order valence-corrected chi connectivity index (χ3v) is 5.63. The summed E-state index contributed by atoms with van der Waals surface area (Å²) in [6, 6.07) is 19.6. The molecule has 180 valence electrons. The number of ether oxygens (including phenoxy) is 1. The lowest BCUT2D eigenvalue weighted by molar-refractivity contribution is -0.133. The zero-order valence-electron chi connectivity index (χ0n) is 19.7. The van der Waals surface area contributed by atoms with Gasteiger partial charge in [-0.1, -0.05) is 44.2 Å². The van der Waals surface area contributed by atoms with E-state index in [1.54, 1.807) is 44.2 Å². The zero-order valence-corrected chi connectivity index (χ0v) is 19.7. The van der Waals surface area contributed by atoms with E-state index < -0.39 is 47.0 Å². The third kappa shape index (κ3) is 6.06. The minimum absolute atomic E-state index is 0.192. The molecule has 0 aliphatic heterocycles. The number of amides is 1. The molecule has 3 rings (SSSR count). The molecule has 0 aliphatic carbocycles. The van der Waals surface area contributed by atoms with Crippen LogP contribution in [0.3, 0.4) is 0 Å². The first kappa shape index (κ1) is 25.5. The number of ketones is 2. The fourth-order valence-electron chi connectivity index (χ4n) is 3.78. The highest BCUT2D eigenvalue weighted by molar-refractivity contribution is 6.14. The fraction of sp³-hybridized carbons (Fsp3) is 0.214. The van der Waals surface area contributed by atoms with Gasteiger partial charge < -0.3 is 10.1 Å². The number of halogens is 1. The van der Waals surface area contributed by atoms with E-state index >= 15 is 0 Å². The second-order valence-corrected chi connectivity index (χ2v) is 8.35. The largest absolute Gasteiger partial charge is 0.465 e. The highest BCUT2D eigenvalue weighted by Crippen LogP contribution is 2.32. The molecule has 0 aliphatic rings. The molecule has 3 aromatic carbocycles. The van der Waals surface area contributed by atoms with Gasteiger partial charge in [-0.15, -0.1) is 0 Å². The van der Waals surface area contributed by atoms with Gasteiger partial charge in [0, 0.05) is 17.2 Å². The normalized spacial score (nSPS) is 12.5. The summed E-state index contributed by atoms with van der Waals surface area (Å²) in [6.07, 6.45) is 0. The second-order valence-electron chi connectivity index (χ2n) is 8.35. The van der Waals surface area contributed by atoms with Crippen LogP contribution < -0.4 is 5.32 Å². The number of carbonyl (C=O) groups is 4. The van der Waals surface area contributed by atoms with Gasteiger partial charge in [-0.25, -0.2) is 9.18 Å². The van der Waals surface area contributed by atoms with Crippen LogP contribution in [0, 0.1) is 17.7 Å². The quantitative estimate of drug-likeness (QED) is 0.266. The van der Waals surface area contributed by atoms with Crippen LogP contribution in [0.1, 0.15) is 46.0 Å². The topological polar surface area (TPSA) is 89.5 Å². The van der Waals surface area contributed by atoms with Crippen LogP contribution in [-0.2, 0) is 14.3 Å². The number of hydrogen-bond acceptors (Lipinski definition) is 5. The van der Waals surface area contributed by atoms with Crippen molar-refractivity contribution in [3.8, 4) is 0 Å². The Balaban J connectivity index is 2.02. The summed E-state index contributed by atoms with van der Waals surface area (Å²) in [4.78, 5) is 52.1. The van der Waals surface area contributed by atoms with Gasteiger partial charge in [-0.3, -0.25) is 14.4 Å². The van der Waals surface area contributed by atoms with Crippen LogP contribution in [0.2, 0.25) is 0 Å². The first-order chi connectivity index (χ1) is 16.7. The van der Waals surface area contributed by atoms with Gasteiger partial charge >= 0.3 is 5.97 Å². The van der Waals surface area contributed by atoms with Crippen LogP contribution in [0.5, 0.6) is 0 Å². The van der Waals surface area contributed by atoms with E-state index in [9.17, 15) is 23.6 Å². The van der Waals surface area contributed by atoms with Crippen molar-refractivity contribution in [1.29, 1.82) is 0 Å². The number of nitrogens with one attached hydrogen (secondary N) is 1. The predicted octanol–water partition coefficient (Wildman–Crippen LogP) is 5.06. The highest BCUT2D eigenvalue weighted by atomic mass is 19.1. The van der Waals surface area contributed by atoms with Gasteiger partial charge in [0.05, 0.1) is 18.6 Å². The lowest BCUT2D eigenvalue weighted by atomic mass is 9.75. The lowest BCUT2D eigenvalue weighted by Crippen LogP contribution is -2.40. The Kier molecular flexibility index (Phi) is 8.25. The maximum absolute atomic E-state index is 13.6. The van der Waals surface area contributed by atoms with E-state index in [0.717, 1.165) is 12.1 Å². The number of esters is 1. The summed E-state index contributed by atoms with van der Waals surface area (Å²) >= 11 is 0. The van der Waals surface area contributed by atoms with Crippen molar-refractivity contribution in [2.24, 2.45) is 11.8 Å². The summed E-state index contributed by atoms with van der Waals surface area (Å²) in [5, 5.41) is 2.70. The van der Waals surface area contributed by atoms with Crippen LogP contribution >= 0.6 is 0 Å². The molecule has 0 saturated heterocycles. The maximum Gasteiger partial charge on any atom is 0.337 e. The number of anilines is 1. The number of Topliss-reactive ketones (excluding diaryl/α,β-unsaturated/α-hetero) is 2. The van der Waals surface area contributed by atoms with E-state index in [4.69, 9.17) is 0 Å². The Hall–Kier alpha value is -4.13. The minimum Gasteiger partial charge on any atom is -0.465 e. The third-order valence-electron chi connectivity index (χ3n) is 5.63. The summed E-state index contributed by atoms with van der Waals surface area (Å²) < 4.78 is 18.2. The van der Waals surface area contributed by atoms with E-state index in [0.29, 0.717) is 16.8 Å². The highest BCUT2D eigenvalue weighted by Gasteiger charge is 2.41. The molecule has 1 N–H and O–H groups in total. The average Bonchev–Trinajstić information content (AvgIpc) is 2.87. The number of hydrogen-bond donors (Lipinski definition) is 1. The van der Waals surface area contributed by atoms with E-state index in [1.807, 2.05) is 0 Å². The minimum atomic E-state index is -1.34. The Bertz CT molecular complexity index is 1200. The smallest absolute Gasteiger partial charge is 0.337 e. The Labute approximate surface area is 203 Å². The molecule has 2 unspecified atom stereocenters. The zero-order chi connectivity index (χ0) is 25.5. The van der Waals surface area contributed by atoms with Gasteiger partial charge in [-0.05, 0) is 54.1 Å². The summed E-state index contributed by atoms with van der Waals surface area (Å²) in [5.74, 6) is -5.53. The molecule has 0 fully saturated rings. The van der Waals surface area contributed by atoms with Crippen molar-refractivity contribution in [2.75, 3.05) is 12.4 Å². The van der Waals surface area contributed by atoms with Gasteiger partial charge in [0.25, 0.3) is 0 Å². The molecule has 0 bridgehead atoms. The number of benzene rings is 3. The number of methoxy groups -OCH3 is 1. The molecular formula is C28H26FNO5. The number of carbonyl (C=O) groups excluding carboxylic acids is 4. The van der Waals surface area contributed by atoms with Crippen molar-refractivity contribution >= 4 is 29.1 Å². The molecule has 0 radical (unpaired) electrons. The molecule has 0 spiro atoms. The molecule has 0 aromatic heterocycles. The average molecular weight is 476 g/mol.